The van der Waals surface area contributed by atoms with E-state index in [4.69, 9.17) is 9.84 Å². The number of allylic oxidation sites excluding steroid dienone is 1. The van der Waals surface area contributed by atoms with Crippen LogP contribution in [-0.4, -0.2) is 35.7 Å². The predicted molar refractivity (Wildman–Crippen MR) is 62.6 cm³/mol. The zero-order valence-electron chi connectivity index (χ0n) is 9.85. The summed E-state index contributed by atoms with van der Waals surface area (Å²) in [6, 6.07) is -0.827. The molecule has 1 aliphatic rings. The van der Waals surface area contributed by atoms with Crippen LogP contribution in [0.15, 0.2) is 12.7 Å². The van der Waals surface area contributed by atoms with Crippen LogP contribution >= 0.6 is 0 Å². The molecular formula is C12H19NO4. The highest BCUT2D eigenvalue weighted by atomic mass is 16.5. The lowest BCUT2D eigenvalue weighted by Gasteiger charge is -2.16. The van der Waals surface area contributed by atoms with E-state index in [-0.39, 0.29) is 5.91 Å². The molecule has 1 heterocycles. The van der Waals surface area contributed by atoms with E-state index in [9.17, 15) is 9.59 Å². The molecule has 0 aromatic rings. The van der Waals surface area contributed by atoms with Gasteiger partial charge in [0.2, 0.25) is 5.91 Å². The van der Waals surface area contributed by atoms with Crippen LogP contribution in [0.4, 0.5) is 0 Å². The lowest BCUT2D eigenvalue weighted by Crippen LogP contribution is -2.45. The maximum atomic E-state index is 11.7. The van der Waals surface area contributed by atoms with Gasteiger partial charge in [-0.3, -0.25) is 4.79 Å². The SMILES string of the molecule is C=CCCC[C@@H](NC(=O)[C@H]1CCCO1)C(=O)O. The Balaban J connectivity index is 2.39. The zero-order valence-corrected chi connectivity index (χ0v) is 9.85. The number of aliphatic carboxylic acids is 1. The van der Waals surface area contributed by atoms with E-state index in [0.717, 1.165) is 12.8 Å². The van der Waals surface area contributed by atoms with Gasteiger partial charge in [0, 0.05) is 6.61 Å². The molecule has 1 amide bonds. The molecule has 0 unspecified atom stereocenters. The van der Waals surface area contributed by atoms with Gasteiger partial charge in [-0.2, -0.15) is 0 Å². The highest BCUT2D eigenvalue weighted by molar-refractivity contribution is 5.86. The van der Waals surface area contributed by atoms with Gasteiger partial charge in [-0.25, -0.2) is 4.79 Å². The first kappa shape index (κ1) is 13.7. The number of hydrogen-bond donors (Lipinski definition) is 2. The van der Waals surface area contributed by atoms with Crippen molar-refractivity contribution in [1.29, 1.82) is 0 Å². The number of ether oxygens (including phenoxy) is 1. The fourth-order valence-electron chi connectivity index (χ4n) is 1.77. The number of amides is 1. The second-order valence-electron chi connectivity index (χ2n) is 4.12. The molecule has 5 nitrogen and oxygen atoms in total. The summed E-state index contributed by atoms with van der Waals surface area (Å²) in [7, 11) is 0. The van der Waals surface area contributed by atoms with E-state index in [0.29, 0.717) is 25.9 Å². The Morgan fingerprint density at radius 2 is 2.35 bits per heavy atom. The van der Waals surface area contributed by atoms with Gasteiger partial charge in [0.1, 0.15) is 12.1 Å². The fourth-order valence-corrected chi connectivity index (χ4v) is 1.77. The molecule has 0 aromatic carbocycles. The molecule has 5 heteroatoms. The van der Waals surface area contributed by atoms with Crippen molar-refractivity contribution < 1.29 is 19.4 Å². The Hall–Kier alpha value is -1.36. The van der Waals surface area contributed by atoms with Gasteiger partial charge in [0.15, 0.2) is 0 Å². The summed E-state index contributed by atoms with van der Waals surface area (Å²) in [4.78, 5) is 22.6. The lowest BCUT2D eigenvalue weighted by atomic mass is 10.1. The van der Waals surface area contributed by atoms with E-state index < -0.39 is 18.1 Å². The molecule has 0 spiro atoms. The van der Waals surface area contributed by atoms with Gasteiger partial charge in [0.05, 0.1) is 0 Å². The molecule has 0 saturated carbocycles. The number of nitrogens with one attached hydrogen (secondary N) is 1. The van der Waals surface area contributed by atoms with Crippen LogP contribution in [0.2, 0.25) is 0 Å². The van der Waals surface area contributed by atoms with Crippen molar-refractivity contribution in [3.05, 3.63) is 12.7 Å². The van der Waals surface area contributed by atoms with E-state index in [1.807, 2.05) is 0 Å². The van der Waals surface area contributed by atoms with Crippen LogP contribution in [0.1, 0.15) is 32.1 Å². The second kappa shape index (κ2) is 7.06. The summed E-state index contributed by atoms with van der Waals surface area (Å²) in [5.74, 6) is -1.31. The van der Waals surface area contributed by atoms with Gasteiger partial charge < -0.3 is 15.2 Å². The van der Waals surface area contributed by atoms with E-state index in [1.54, 1.807) is 6.08 Å². The third kappa shape index (κ3) is 4.56. The normalized spacial score (nSPS) is 20.8. The van der Waals surface area contributed by atoms with Crippen LogP contribution in [0, 0.1) is 0 Å². The van der Waals surface area contributed by atoms with Crippen LogP contribution in [0.3, 0.4) is 0 Å². The molecular weight excluding hydrogens is 222 g/mol. The average Bonchev–Trinajstić information content (AvgIpc) is 2.81. The van der Waals surface area contributed by atoms with Crippen molar-refractivity contribution in [1.82, 2.24) is 5.32 Å². The number of carbonyl (C=O) groups is 2. The van der Waals surface area contributed by atoms with Crippen LogP contribution in [0.5, 0.6) is 0 Å². The maximum absolute atomic E-state index is 11.7. The van der Waals surface area contributed by atoms with Gasteiger partial charge in [-0.1, -0.05) is 6.08 Å². The molecule has 0 radical (unpaired) electrons. The van der Waals surface area contributed by atoms with Crippen LogP contribution in [0.25, 0.3) is 0 Å². The average molecular weight is 241 g/mol. The summed E-state index contributed by atoms with van der Waals surface area (Å²) in [6.45, 7) is 4.15. The number of carbonyl (C=O) groups excluding carboxylic acids is 1. The Kier molecular flexibility index (Phi) is 5.69. The minimum atomic E-state index is -1.000. The molecule has 0 aromatic heterocycles. The third-order valence-electron chi connectivity index (χ3n) is 2.74. The maximum Gasteiger partial charge on any atom is 0.326 e. The summed E-state index contributed by atoms with van der Waals surface area (Å²) in [5.41, 5.74) is 0. The van der Waals surface area contributed by atoms with Gasteiger partial charge in [0.25, 0.3) is 0 Å². The van der Waals surface area contributed by atoms with Crippen molar-refractivity contribution in [3.63, 3.8) is 0 Å². The first-order chi connectivity index (χ1) is 8.15. The third-order valence-corrected chi connectivity index (χ3v) is 2.74. The van der Waals surface area contributed by atoms with Crippen molar-refractivity contribution >= 4 is 11.9 Å². The van der Waals surface area contributed by atoms with E-state index in [1.165, 1.54) is 0 Å². The van der Waals surface area contributed by atoms with E-state index in [2.05, 4.69) is 11.9 Å². The molecule has 96 valence electrons. The smallest absolute Gasteiger partial charge is 0.326 e. The highest BCUT2D eigenvalue weighted by Gasteiger charge is 2.27. The minimum absolute atomic E-state index is 0.312. The van der Waals surface area contributed by atoms with Crippen molar-refractivity contribution in [3.8, 4) is 0 Å². The standard InChI is InChI=1S/C12H19NO4/c1-2-3-4-6-9(12(15)16)13-11(14)10-7-5-8-17-10/h2,9-10H,1,3-8H2,(H,13,14)(H,15,16)/t9-,10-/m1/s1. The number of unbranched alkanes of at least 4 members (excludes halogenated alkanes) is 1. The van der Waals surface area contributed by atoms with Crippen LogP contribution in [-0.2, 0) is 14.3 Å². The summed E-state index contributed by atoms with van der Waals surface area (Å²) in [5, 5.41) is 11.5. The predicted octanol–water partition coefficient (Wildman–Crippen LogP) is 1.09. The summed E-state index contributed by atoms with van der Waals surface area (Å²) < 4.78 is 5.20. The molecule has 1 rings (SSSR count). The molecule has 17 heavy (non-hydrogen) atoms. The van der Waals surface area contributed by atoms with Gasteiger partial charge in [-0.05, 0) is 32.1 Å². The Bertz CT molecular complexity index is 284. The van der Waals surface area contributed by atoms with Crippen molar-refractivity contribution in [2.24, 2.45) is 0 Å². The number of hydrogen-bond acceptors (Lipinski definition) is 3. The minimum Gasteiger partial charge on any atom is -0.480 e. The van der Waals surface area contributed by atoms with E-state index >= 15 is 0 Å². The Labute approximate surface area is 101 Å². The molecule has 1 aliphatic heterocycles. The molecule has 2 atom stereocenters. The van der Waals surface area contributed by atoms with Crippen LogP contribution < -0.4 is 5.32 Å². The molecule has 2 N–H and O–H groups in total. The Morgan fingerprint density at radius 3 is 2.88 bits per heavy atom. The summed E-state index contributed by atoms with van der Waals surface area (Å²) in [6.07, 6.45) is 4.65. The quantitative estimate of drug-likeness (QED) is 0.517. The monoisotopic (exact) mass is 241 g/mol. The summed E-state index contributed by atoms with van der Waals surface area (Å²) >= 11 is 0. The first-order valence-corrected chi connectivity index (χ1v) is 5.91. The largest absolute Gasteiger partial charge is 0.480 e. The topological polar surface area (TPSA) is 75.6 Å². The molecule has 0 aliphatic carbocycles. The first-order valence-electron chi connectivity index (χ1n) is 5.91. The molecule has 0 bridgehead atoms. The lowest BCUT2D eigenvalue weighted by molar-refractivity contribution is -0.143. The zero-order chi connectivity index (χ0) is 12.7. The highest BCUT2D eigenvalue weighted by Crippen LogP contribution is 2.12. The molecule has 1 fully saturated rings. The van der Waals surface area contributed by atoms with Crippen molar-refractivity contribution in [2.75, 3.05) is 6.61 Å². The second-order valence-corrected chi connectivity index (χ2v) is 4.12. The number of carboxylic acid groups (broad SMARTS) is 1. The van der Waals surface area contributed by atoms with Gasteiger partial charge in [-0.15, -0.1) is 6.58 Å². The number of carboxylic acids is 1. The van der Waals surface area contributed by atoms with Crippen molar-refractivity contribution in [2.45, 2.75) is 44.2 Å². The van der Waals surface area contributed by atoms with Gasteiger partial charge >= 0.3 is 5.97 Å². The number of rotatable bonds is 7. The Morgan fingerprint density at radius 1 is 1.59 bits per heavy atom. The fraction of sp³-hybridized carbons (Fsp3) is 0.667. The molecule has 1 saturated heterocycles.